The summed E-state index contributed by atoms with van der Waals surface area (Å²) in [6.07, 6.45) is 3.76. The van der Waals surface area contributed by atoms with E-state index in [0.717, 1.165) is 26.0 Å². The first-order valence-electron chi connectivity index (χ1n) is 6.91. The second kappa shape index (κ2) is 5.55. The Morgan fingerprint density at radius 3 is 3.00 bits per heavy atom. The summed E-state index contributed by atoms with van der Waals surface area (Å²) in [4.78, 5) is 13.8. The Kier molecular flexibility index (Phi) is 4.25. The number of carboxylic acids is 1. The first-order chi connectivity index (χ1) is 8.57. The molecule has 1 heterocycles. The van der Waals surface area contributed by atoms with Crippen LogP contribution < -0.4 is 5.32 Å². The molecule has 0 amide bonds. The second-order valence-corrected chi connectivity index (χ2v) is 5.55. The van der Waals surface area contributed by atoms with Crippen LogP contribution in [0.3, 0.4) is 0 Å². The predicted molar refractivity (Wildman–Crippen MR) is 68.7 cm³/mol. The number of fused-ring (bicyclic) bond motifs is 1. The van der Waals surface area contributed by atoms with E-state index in [1.54, 1.807) is 6.92 Å². The zero-order chi connectivity index (χ0) is 13.2. The second-order valence-electron chi connectivity index (χ2n) is 5.55. The van der Waals surface area contributed by atoms with Crippen molar-refractivity contribution >= 4 is 5.97 Å². The molecule has 2 rings (SSSR count). The van der Waals surface area contributed by atoms with Crippen LogP contribution in [0.25, 0.3) is 0 Å². The van der Waals surface area contributed by atoms with E-state index in [0.29, 0.717) is 25.2 Å². The van der Waals surface area contributed by atoms with E-state index in [1.807, 2.05) is 6.92 Å². The van der Waals surface area contributed by atoms with E-state index < -0.39 is 11.5 Å². The highest BCUT2D eigenvalue weighted by molar-refractivity contribution is 5.78. The SMILES string of the molecule is CCNC(C)(CN1CCOC2CCCC21)C(=O)O. The van der Waals surface area contributed by atoms with Gasteiger partial charge in [-0.3, -0.25) is 9.69 Å². The van der Waals surface area contributed by atoms with Crippen molar-refractivity contribution in [2.24, 2.45) is 0 Å². The van der Waals surface area contributed by atoms with Gasteiger partial charge >= 0.3 is 5.97 Å². The minimum Gasteiger partial charge on any atom is -0.480 e. The molecule has 0 aromatic rings. The molecule has 0 spiro atoms. The molecule has 0 aromatic carbocycles. The number of morpholine rings is 1. The monoisotopic (exact) mass is 256 g/mol. The van der Waals surface area contributed by atoms with Gasteiger partial charge in [-0.2, -0.15) is 0 Å². The topological polar surface area (TPSA) is 61.8 Å². The maximum Gasteiger partial charge on any atom is 0.324 e. The first-order valence-corrected chi connectivity index (χ1v) is 6.91. The zero-order valence-corrected chi connectivity index (χ0v) is 11.3. The Labute approximate surface area is 108 Å². The van der Waals surface area contributed by atoms with Gasteiger partial charge in [0, 0.05) is 19.1 Å². The molecule has 2 aliphatic rings. The molecule has 1 aliphatic carbocycles. The average molecular weight is 256 g/mol. The molecule has 104 valence electrons. The maximum absolute atomic E-state index is 11.5. The minimum absolute atomic E-state index is 0.318. The highest BCUT2D eigenvalue weighted by Gasteiger charge is 2.41. The number of rotatable bonds is 5. The maximum atomic E-state index is 11.5. The van der Waals surface area contributed by atoms with Crippen molar-refractivity contribution in [2.75, 3.05) is 26.2 Å². The summed E-state index contributed by atoms with van der Waals surface area (Å²) >= 11 is 0. The smallest absolute Gasteiger partial charge is 0.324 e. The van der Waals surface area contributed by atoms with Gasteiger partial charge in [0.25, 0.3) is 0 Å². The third-order valence-electron chi connectivity index (χ3n) is 4.16. The summed E-state index contributed by atoms with van der Waals surface area (Å²) in [7, 11) is 0. The molecule has 18 heavy (non-hydrogen) atoms. The zero-order valence-electron chi connectivity index (χ0n) is 11.3. The molecular formula is C13H24N2O3. The average Bonchev–Trinajstić information content (AvgIpc) is 2.78. The van der Waals surface area contributed by atoms with Crippen LogP contribution in [0.4, 0.5) is 0 Å². The van der Waals surface area contributed by atoms with Crippen molar-refractivity contribution in [3.8, 4) is 0 Å². The normalized spacial score (nSPS) is 31.9. The molecule has 0 bridgehead atoms. The molecule has 3 atom stereocenters. The number of carboxylic acid groups (broad SMARTS) is 1. The van der Waals surface area contributed by atoms with Gasteiger partial charge in [0.2, 0.25) is 0 Å². The van der Waals surface area contributed by atoms with Crippen LogP contribution >= 0.6 is 0 Å². The Morgan fingerprint density at radius 1 is 1.56 bits per heavy atom. The highest BCUT2D eigenvalue weighted by Crippen LogP contribution is 2.30. The summed E-state index contributed by atoms with van der Waals surface area (Å²) in [5, 5.41) is 12.5. The Hall–Kier alpha value is -0.650. The van der Waals surface area contributed by atoms with E-state index in [1.165, 1.54) is 6.42 Å². The largest absolute Gasteiger partial charge is 0.480 e. The van der Waals surface area contributed by atoms with Crippen molar-refractivity contribution < 1.29 is 14.6 Å². The van der Waals surface area contributed by atoms with Crippen LogP contribution in [0.15, 0.2) is 0 Å². The van der Waals surface area contributed by atoms with E-state index in [9.17, 15) is 9.90 Å². The summed E-state index contributed by atoms with van der Waals surface area (Å²) in [6.45, 7) is 6.51. The molecule has 1 aliphatic heterocycles. The highest BCUT2D eigenvalue weighted by atomic mass is 16.5. The molecular weight excluding hydrogens is 232 g/mol. The molecule has 1 saturated heterocycles. The van der Waals surface area contributed by atoms with Gasteiger partial charge in [-0.15, -0.1) is 0 Å². The number of aliphatic carboxylic acids is 1. The van der Waals surface area contributed by atoms with Gasteiger partial charge in [-0.25, -0.2) is 0 Å². The van der Waals surface area contributed by atoms with E-state index >= 15 is 0 Å². The number of nitrogens with zero attached hydrogens (tertiary/aromatic N) is 1. The standard InChI is InChI=1S/C13H24N2O3/c1-3-14-13(2,12(16)17)9-15-7-8-18-11-6-4-5-10(11)15/h10-11,14H,3-9H2,1-2H3,(H,16,17). The fourth-order valence-electron chi connectivity index (χ4n) is 3.20. The lowest BCUT2D eigenvalue weighted by molar-refractivity contribution is -0.146. The predicted octanol–water partition coefficient (Wildman–Crippen LogP) is 0.693. The van der Waals surface area contributed by atoms with Crippen molar-refractivity contribution in [1.82, 2.24) is 10.2 Å². The van der Waals surface area contributed by atoms with Gasteiger partial charge in [-0.1, -0.05) is 6.92 Å². The number of ether oxygens (including phenoxy) is 1. The Balaban J connectivity index is 2.04. The van der Waals surface area contributed by atoms with Crippen LogP contribution in [-0.2, 0) is 9.53 Å². The fourth-order valence-corrected chi connectivity index (χ4v) is 3.20. The van der Waals surface area contributed by atoms with E-state index in [-0.39, 0.29) is 0 Å². The third-order valence-corrected chi connectivity index (χ3v) is 4.16. The van der Waals surface area contributed by atoms with Crippen LogP contribution in [-0.4, -0.2) is 59.9 Å². The van der Waals surface area contributed by atoms with Gasteiger partial charge in [0.1, 0.15) is 5.54 Å². The fraction of sp³-hybridized carbons (Fsp3) is 0.923. The quantitative estimate of drug-likeness (QED) is 0.758. The summed E-state index contributed by atoms with van der Waals surface area (Å²) in [5.41, 5.74) is -0.862. The van der Waals surface area contributed by atoms with Crippen molar-refractivity contribution in [3.05, 3.63) is 0 Å². The number of likely N-dealkylation sites (N-methyl/N-ethyl adjacent to an activating group) is 1. The van der Waals surface area contributed by atoms with Crippen LogP contribution in [0.1, 0.15) is 33.1 Å². The van der Waals surface area contributed by atoms with Crippen molar-refractivity contribution in [3.63, 3.8) is 0 Å². The van der Waals surface area contributed by atoms with Crippen LogP contribution in [0, 0.1) is 0 Å². The Morgan fingerprint density at radius 2 is 2.33 bits per heavy atom. The molecule has 0 radical (unpaired) electrons. The summed E-state index contributed by atoms with van der Waals surface area (Å²) in [5.74, 6) is -0.773. The molecule has 2 N–H and O–H groups in total. The van der Waals surface area contributed by atoms with Crippen molar-refractivity contribution in [2.45, 2.75) is 50.8 Å². The molecule has 2 fully saturated rings. The van der Waals surface area contributed by atoms with E-state index in [4.69, 9.17) is 4.74 Å². The lowest BCUT2D eigenvalue weighted by atomic mass is 9.99. The van der Waals surface area contributed by atoms with Crippen molar-refractivity contribution in [1.29, 1.82) is 0 Å². The number of carbonyl (C=O) groups is 1. The lowest BCUT2D eigenvalue weighted by Gasteiger charge is -2.41. The minimum atomic E-state index is -0.862. The molecule has 5 heteroatoms. The van der Waals surface area contributed by atoms with Gasteiger partial charge in [0.05, 0.1) is 12.7 Å². The van der Waals surface area contributed by atoms with Gasteiger partial charge < -0.3 is 15.2 Å². The Bertz CT molecular complexity index is 311. The number of nitrogens with one attached hydrogen (secondary N) is 1. The lowest BCUT2D eigenvalue weighted by Crippen LogP contribution is -2.61. The van der Waals surface area contributed by atoms with Crippen LogP contribution in [0.2, 0.25) is 0 Å². The number of hydrogen-bond acceptors (Lipinski definition) is 4. The summed E-state index contributed by atoms with van der Waals surface area (Å²) in [6, 6.07) is 0.413. The molecule has 0 aromatic heterocycles. The molecule has 1 saturated carbocycles. The number of hydrogen-bond donors (Lipinski definition) is 2. The van der Waals surface area contributed by atoms with Crippen LogP contribution in [0.5, 0.6) is 0 Å². The molecule has 5 nitrogen and oxygen atoms in total. The van der Waals surface area contributed by atoms with Gasteiger partial charge in [0.15, 0.2) is 0 Å². The third kappa shape index (κ3) is 2.68. The van der Waals surface area contributed by atoms with Gasteiger partial charge in [-0.05, 0) is 32.7 Å². The molecule has 3 unspecified atom stereocenters. The first kappa shape index (κ1) is 13.8. The summed E-state index contributed by atoms with van der Waals surface area (Å²) < 4.78 is 5.76. The van der Waals surface area contributed by atoms with E-state index in [2.05, 4.69) is 10.2 Å².